The van der Waals surface area contributed by atoms with Crippen LogP contribution in [0.3, 0.4) is 0 Å². The smallest absolute Gasteiger partial charge is 0.126 e. The van der Waals surface area contributed by atoms with Crippen LogP contribution in [0.25, 0.3) is 0 Å². The molecule has 0 aliphatic heterocycles. The van der Waals surface area contributed by atoms with Gasteiger partial charge >= 0.3 is 0 Å². The second-order valence-electron chi connectivity index (χ2n) is 4.73. The zero-order valence-electron chi connectivity index (χ0n) is 8.68. The summed E-state index contributed by atoms with van der Waals surface area (Å²) in [5, 5.41) is 0. The Morgan fingerprint density at radius 3 is 1.83 bits per heavy atom. The van der Waals surface area contributed by atoms with Gasteiger partial charge in [-0.25, -0.2) is 0 Å². The maximum atomic E-state index is 11.1. The Labute approximate surface area is 75.5 Å². The Hall–Kier alpha value is -0.330. The van der Waals surface area contributed by atoms with Crippen molar-refractivity contribution in [3.63, 3.8) is 0 Å². The van der Waals surface area contributed by atoms with Crippen LogP contribution in [0.15, 0.2) is 0 Å². The quantitative estimate of drug-likeness (QED) is 0.590. The monoisotopic (exact) mass is 168 g/mol. The van der Waals surface area contributed by atoms with E-state index in [-0.39, 0.29) is 10.8 Å². The molecule has 1 saturated carbocycles. The van der Waals surface area contributed by atoms with E-state index in [1.54, 1.807) is 0 Å². The summed E-state index contributed by atoms with van der Waals surface area (Å²) in [5.74, 6) is 0.602. The summed E-state index contributed by atoms with van der Waals surface area (Å²) in [6, 6.07) is 0. The highest BCUT2D eigenvalue weighted by Gasteiger charge is 2.63. The van der Waals surface area contributed by atoms with Gasteiger partial charge in [0, 0.05) is 5.41 Å². The number of rotatable bonds is 4. The lowest BCUT2D eigenvalue weighted by atomic mass is 9.80. The van der Waals surface area contributed by atoms with Crippen molar-refractivity contribution >= 4 is 6.29 Å². The molecular formula is C11H20O. The van der Waals surface area contributed by atoms with Gasteiger partial charge in [0.25, 0.3) is 0 Å². The van der Waals surface area contributed by atoms with Crippen molar-refractivity contribution in [2.75, 3.05) is 0 Å². The van der Waals surface area contributed by atoms with Crippen molar-refractivity contribution in [2.45, 2.75) is 47.0 Å². The van der Waals surface area contributed by atoms with E-state index < -0.39 is 0 Å². The number of carbonyl (C=O) groups excluding carboxylic acids is 1. The van der Waals surface area contributed by atoms with Gasteiger partial charge < -0.3 is 4.79 Å². The Kier molecular flexibility index (Phi) is 2.33. The predicted molar refractivity (Wildman–Crippen MR) is 51.0 cm³/mol. The van der Waals surface area contributed by atoms with Crippen molar-refractivity contribution in [1.82, 2.24) is 0 Å². The van der Waals surface area contributed by atoms with Crippen LogP contribution in [-0.2, 0) is 4.79 Å². The van der Waals surface area contributed by atoms with Crippen LogP contribution in [0, 0.1) is 16.7 Å². The summed E-state index contributed by atoms with van der Waals surface area (Å²) in [4.78, 5) is 11.1. The molecule has 1 nitrogen and oxygen atoms in total. The van der Waals surface area contributed by atoms with Crippen LogP contribution >= 0.6 is 0 Å². The Morgan fingerprint density at radius 2 is 1.75 bits per heavy atom. The molecule has 1 aliphatic rings. The van der Waals surface area contributed by atoms with Gasteiger partial charge in [0.05, 0.1) is 0 Å². The zero-order chi connectivity index (χ0) is 9.41. The van der Waals surface area contributed by atoms with Crippen LogP contribution in [-0.4, -0.2) is 6.29 Å². The van der Waals surface area contributed by atoms with Crippen LogP contribution in [0.1, 0.15) is 47.0 Å². The molecular weight excluding hydrogens is 148 g/mol. The standard InChI is InChI=1S/C11H20O/c1-5-9(6-2)11(8-12)7-10(11,3)4/h8-9H,5-7H2,1-4H3. The van der Waals surface area contributed by atoms with E-state index in [4.69, 9.17) is 0 Å². The molecule has 0 amide bonds. The van der Waals surface area contributed by atoms with E-state index in [1.807, 2.05) is 0 Å². The number of hydrogen-bond acceptors (Lipinski definition) is 1. The average Bonchev–Trinajstić information content (AvgIpc) is 2.58. The third kappa shape index (κ3) is 1.10. The Morgan fingerprint density at radius 1 is 1.33 bits per heavy atom. The van der Waals surface area contributed by atoms with E-state index >= 15 is 0 Å². The molecule has 0 heterocycles. The highest BCUT2D eigenvalue weighted by Crippen LogP contribution is 2.67. The molecule has 0 spiro atoms. The van der Waals surface area contributed by atoms with Crippen LogP contribution in [0.4, 0.5) is 0 Å². The number of aldehydes is 1. The van der Waals surface area contributed by atoms with E-state index in [0.29, 0.717) is 5.92 Å². The molecule has 1 aliphatic carbocycles. The van der Waals surface area contributed by atoms with E-state index in [9.17, 15) is 4.79 Å². The van der Waals surface area contributed by atoms with Crippen LogP contribution in [0.5, 0.6) is 0 Å². The van der Waals surface area contributed by atoms with Crippen molar-refractivity contribution in [3.8, 4) is 0 Å². The molecule has 70 valence electrons. The van der Waals surface area contributed by atoms with Crippen molar-refractivity contribution < 1.29 is 4.79 Å². The van der Waals surface area contributed by atoms with Crippen molar-refractivity contribution in [2.24, 2.45) is 16.7 Å². The molecule has 1 rings (SSSR count). The maximum Gasteiger partial charge on any atom is 0.126 e. The van der Waals surface area contributed by atoms with E-state index in [2.05, 4.69) is 27.7 Å². The molecule has 1 heteroatoms. The van der Waals surface area contributed by atoms with Gasteiger partial charge in [-0.05, 0) is 17.8 Å². The summed E-state index contributed by atoms with van der Waals surface area (Å²) in [6.07, 6.45) is 4.58. The summed E-state index contributed by atoms with van der Waals surface area (Å²) in [7, 11) is 0. The largest absolute Gasteiger partial charge is 0.303 e. The topological polar surface area (TPSA) is 17.1 Å². The van der Waals surface area contributed by atoms with Crippen molar-refractivity contribution in [1.29, 1.82) is 0 Å². The maximum absolute atomic E-state index is 11.1. The predicted octanol–water partition coefficient (Wildman–Crippen LogP) is 3.04. The van der Waals surface area contributed by atoms with Gasteiger partial charge in [-0.15, -0.1) is 0 Å². The molecule has 0 radical (unpaired) electrons. The molecule has 0 aromatic rings. The minimum Gasteiger partial charge on any atom is -0.303 e. The minimum atomic E-state index is 0.0243. The van der Waals surface area contributed by atoms with E-state index in [1.165, 1.54) is 6.29 Å². The lowest BCUT2D eigenvalue weighted by molar-refractivity contribution is -0.115. The first kappa shape index (κ1) is 9.76. The van der Waals surface area contributed by atoms with Crippen LogP contribution in [0.2, 0.25) is 0 Å². The molecule has 0 aromatic heterocycles. The fraction of sp³-hybridized carbons (Fsp3) is 0.909. The lowest BCUT2D eigenvalue weighted by Crippen LogP contribution is -2.21. The summed E-state index contributed by atoms with van der Waals surface area (Å²) < 4.78 is 0. The summed E-state index contributed by atoms with van der Waals surface area (Å²) in [5.41, 5.74) is 0.294. The Bertz CT molecular complexity index is 179. The third-order valence-corrected chi connectivity index (χ3v) is 3.79. The molecule has 12 heavy (non-hydrogen) atoms. The molecule has 1 atom stereocenters. The molecule has 0 aromatic carbocycles. The average molecular weight is 168 g/mol. The lowest BCUT2D eigenvalue weighted by Gasteiger charge is -2.23. The van der Waals surface area contributed by atoms with Crippen molar-refractivity contribution in [3.05, 3.63) is 0 Å². The van der Waals surface area contributed by atoms with E-state index in [0.717, 1.165) is 19.3 Å². The van der Waals surface area contributed by atoms with Gasteiger partial charge in [-0.2, -0.15) is 0 Å². The minimum absolute atomic E-state index is 0.0243. The second-order valence-corrected chi connectivity index (χ2v) is 4.73. The molecule has 1 unspecified atom stereocenters. The van der Waals surface area contributed by atoms with Gasteiger partial charge in [0.15, 0.2) is 0 Å². The number of hydrogen-bond donors (Lipinski definition) is 0. The molecule has 0 saturated heterocycles. The normalized spacial score (nSPS) is 32.1. The third-order valence-electron chi connectivity index (χ3n) is 3.79. The molecule has 0 N–H and O–H groups in total. The van der Waals surface area contributed by atoms with Gasteiger partial charge in [0.2, 0.25) is 0 Å². The zero-order valence-corrected chi connectivity index (χ0v) is 8.68. The van der Waals surface area contributed by atoms with Crippen LogP contribution < -0.4 is 0 Å². The first-order chi connectivity index (χ1) is 5.54. The molecule has 1 fully saturated rings. The SMILES string of the molecule is CCC(CC)C1(C=O)CC1(C)C. The van der Waals surface area contributed by atoms with Gasteiger partial charge in [0.1, 0.15) is 6.29 Å². The first-order valence-electron chi connectivity index (χ1n) is 5.00. The second kappa shape index (κ2) is 2.86. The Balaban J connectivity index is 2.77. The van der Waals surface area contributed by atoms with Gasteiger partial charge in [-0.1, -0.05) is 40.5 Å². The highest BCUT2D eigenvalue weighted by molar-refractivity contribution is 5.67. The fourth-order valence-electron chi connectivity index (χ4n) is 2.70. The first-order valence-corrected chi connectivity index (χ1v) is 5.00. The summed E-state index contributed by atoms with van der Waals surface area (Å²) >= 11 is 0. The van der Waals surface area contributed by atoms with Gasteiger partial charge in [-0.3, -0.25) is 0 Å². The highest BCUT2D eigenvalue weighted by atomic mass is 16.1. The summed E-state index contributed by atoms with van der Waals surface area (Å²) in [6.45, 7) is 8.79. The fourth-order valence-corrected chi connectivity index (χ4v) is 2.70. The molecule has 0 bridgehead atoms. The number of carbonyl (C=O) groups is 1.